The van der Waals surface area contributed by atoms with Gasteiger partial charge in [0.15, 0.2) is 0 Å². The summed E-state index contributed by atoms with van der Waals surface area (Å²) in [6.45, 7) is 0.814. The van der Waals surface area contributed by atoms with Crippen LogP contribution in [0, 0.1) is 5.92 Å². The summed E-state index contributed by atoms with van der Waals surface area (Å²) in [6, 6.07) is 7.53. The Hall–Kier alpha value is -2.30. The van der Waals surface area contributed by atoms with Crippen LogP contribution < -0.4 is 4.90 Å². The van der Waals surface area contributed by atoms with E-state index in [1.807, 2.05) is 24.3 Å². The minimum absolute atomic E-state index is 0.0212. The van der Waals surface area contributed by atoms with Crippen molar-refractivity contribution < 1.29 is 4.79 Å². The van der Waals surface area contributed by atoms with Gasteiger partial charge in [-0.1, -0.05) is 34.9 Å². The van der Waals surface area contributed by atoms with Gasteiger partial charge in [-0.05, 0) is 17.5 Å². The molecule has 106 valence electrons. The number of halogens is 1. The number of benzene rings is 1. The Morgan fingerprint density at radius 1 is 1.48 bits per heavy atom. The molecular formula is C14H12ClN5O. The van der Waals surface area contributed by atoms with E-state index in [2.05, 4.69) is 15.0 Å². The molecule has 0 N–H and O–H groups in total. The van der Waals surface area contributed by atoms with Crippen molar-refractivity contribution in [2.24, 2.45) is 11.0 Å². The number of carbonyl (C=O) groups excluding carboxylic acids is 1. The maximum absolute atomic E-state index is 12.1. The lowest BCUT2D eigenvalue weighted by Gasteiger charge is -2.18. The van der Waals surface area contributed by atoms with Gasteiger partial charge in [0.1, 0.15) is 0 Å². The van der Waals surface area contributed by atoms with Gasteiger partial charge in [0.05, 0.1) is 22.4 Å². The number of pyridine rings is 1. The zero-order valence-corrected chi connectivity index (χ0v) is 11.9. The Morgan fingerprint density at radius 2 is 2.29 bits per heavy atom. The second-order valence-corrected chi connectivity index (χ2v) is 5.34. The van der Waals surface area contributed by atoms with E-state index >= 15 is 0 Å². The van der Waals surface area contributed by atoms with Crippen LogP contribution in [0.2, 0.25) is 5.02 Å². The fourth-order valence-electron chi connectivity index (χ4n) is 2.57. The molecule has 6 nitrogen and oxygen atoms in total. The van der Waals surface area contributed by atoms with E-state index in [4.69, 9.17) is 17.1 Å². The molecule has 1 atom stereocenters. The van der Waals surface area contributed by atoms with Crippen LogP contribution in [-0.2, 0) is 4.79 Å². The molecule has 1 fully saturated rings. The molecule has 1 aliphatic rings. The number of rotatable bonds is 3. The lowest BCUT2D eigenvalue weighted by Crippen LogP contribution is -2.25. The molecule has 1 saturated heterocycles. The summed E-state index contributed by atoms with van der Waals surface area (Å²) in [5.41, 5.74) is 9.78. The van der Waals surface area contributed by atoms with Crippen LogP contribution in [0.15, 0.2) is 35.6 Å². The number of hydrogen-bond donors (Lipinski definition) is 0. The van der Waals surface area contributed by atoms with E-state index in [-0.39, 0.29) is 11.8 Å². The van der Waals surface area contributed by atoms with E-state index in [9.17, 15) is 4.79 Å². The van der Waals surface area contributed by atoms with Gasteiger partial charge in [0, 0.05) is 29.8 Å². The molecule has 2 aromatic rings. The van der Waals surface area contributed by atoms with E-state index in [1.54, 1.807) is 11.1 Å². The van der Waals surface area contributed by atoms with Crippen molar-refractivity contribution in [2.45, 2.75) is 6.42 Å². The number of nitrogens with zero attached hydrogens (tertiary/aromatic N) is 5. The Kier molecular flexibility index (Phi) is 3.64. The summed E-state index contributed by atoms with van der Waals surface area (Å²) in [5.74, 6) is 0.00283. The monoisotopic (exact) mass is 301 g/mol. The van der Waals surface area contributed by atoms with Crippen LogP contribution >= 0.6 is 11.6 Å². The number of azide groups is 1. The first-order valence-electron chi connectivity index (χ1n) is 6.55. The maximum atomic E-state index is 12.1. The number of fused-ring (bicyclic) bond motifs is 1. The number of para-hydroxylation sites is 1. The van der Waals surface area contributed by atoms with Crippen LogP contribution in [-0.4, -0.2) is 24.0 Å². The zero-order chi connectivity index (χ0) is 14.8. The van der Waals surface area contributed by atoms with Gasteiger partial charge in [-0.3, -0.25) is 9.78 Å². The lowest BCUT2D eigenvalue weighted by molar-refractivity contribution is -0.117. The number of hydrogen-bond acceptors (Lipinski definition) is 3. The van der Waals surface area contributed by atoms with Crippen LogP contribution in [0.25, 0.3) is 21.3 Å². The SMILES string of the molecule is [N-]=[N+]=NCC1CC(=O)N(c2cnc3ccccc3c2Cl)C1. The smallest absolute Gasteiger partial charge is 0.227 e. The normalized spacial score (nSPS) is 18.0. The third-order valence-corrected chi connectivity index (χ3v) is 3.99. The molecule has 0 aliphatic carbocycles. The predicted molar refractivity (Wildman–Crippen MR) is 81.2 cm³/mol. The van der Waals surface area contributed by atoms with Gasteiger partial charge in [0.25, 0.3) is 0 Å². The molecule has 0 radical (unpaired) electrons. The standard InChI is InChI=1S/C14H12ClN5O/c15-14-10-3-1-2-4-11(10)17-7-12(14)20-8-9(5-13(20)21)6-18-19-16/h1-4,7,9H,5-6,8H2. The van der Waals surface area contributed by atoms with Crippen molar-refractivity contribution in [2.75, 3.05) is 18.0 Å². The van der Waals surface area contributed by atoms with Crippen LogP contribution in [0.3, 0.4) is 0 Å². The van der Waals surface area contributed by atoms with Crippen molar-refractivity contribution in [3.8, 4) is 0 Å². The van der Waals surface area contributed by atoms with Gasteiger partial charge < -0.3 is 4.90 Å². The summed E-state index contributed by atoms with van der Waals surface area (Å²) >= 11 is 6.42. The summed E-state index contributed by atoms with van der Waals surface area (Å²) in [4.78, 5) is 20.9. The Balaban J connectivity index is 1.95. The van der Waals surface area contributed by atoms with Crippen molar-refractivity contribution in [3.05, 3.63) is 45.9 Å². The minimum Gasteiger partial charge on any atom is -0.309 e. The van der Waals surface area contributed by atoms with Crippen molar-refractivity contribution >= 4 is 34.1 Å². The Bertz CT molecular complexity index is 756. The molecule has 2 heterocycles. The third kappa shape index (κ3) is 2.51. The summed E-state index contributed by atoms with van der Waals surface area (Å²) in [5, 5.41) is 4.89. The highest BCUT2D eigenvalue weighted by molar-refractivity contribution is 6.38. The third-order valence-electron chi connectivity index (χ3n) is 3.59. The molecule has 1 aliphatic heterocycles. The molecule has 0 bridgehead atoms. The van der Waals surface area contributed by atoms with Crippen LogP contribution in [0.4, 0.5) is 5.69 Å². The van der Waals surface area contributed by atoms with E-state index in [1.165, 1.54) is 0 Å². The topological polar surface area (TPSA) is 82.0 Å². The highest BCUT2D eigenvalue weighted by Gasteiger charge is 2.31. The lowest BCUT2D eigenvalue weighted by atomic mass is 10.1. The first-order valence-corrected chi connectivity index (χ1v) is 6.93. The van der Waals surface area contributed by atoms with E-state index in [0.717, 1.165) is 10.9 Å². The molecule has 1 aromatic heterocycles. The molecule has 7 heteroatoms. The molecular weight excluding hydrogens is 290 g/mol. The van der Waals surface area contributed by atoms with Gasteiger partial charge >= 0.3 is 0 Å². The van der Waals surface area contributed by atoms with Crippen LogP contribution in [0.1, 0.15) is 6.42 Å². The van der Waals surface area contributed by atoms with Crippen molar-refractivity contribution in [3.63, 3.8) is 0 Å². The maximum Gasteiger partial charge on any atom is 0.227 e. The van der Waals surface area contributed by atoms with E-state index < -0.39 is 0 Å². The minimum atomic E-state index is -0.0212. The molecule has 1 amide bonds. The average Bonchev–Trinajstić information content (AvgIpc) is 2.87. The molecule has 0 spiro atoms. The number of amides is 1. The summed E-state index contributed by atoms with van der Waals surface area (Å²) in [6.07, 6.45) is 1.99. The summed E-state index contributed by atoms with van der Waals surface area (Å²) in [7, 11) is 0. The van der Waals surface area contributed by atoms with E-state index in [0.29, 0.717) is 30.2 Å². The Morgan fingerprint density at radius 3 is 3.10 bits per heavy atom. The first kappa shape index (κ1) is 13.7. The van der Waals surface area contributed by atoms with Gasteiger partial charge in [-0.15, -0.1) is 0 Å². The Labute approximate surface area is 126 Å². The fourth-order valence-corrected chi connectivity index (χ4v) is 2.88. The second-order valence-electron chi connectivity index (χ2n) is 4.96. The van der Waals surface area contributed by atoms with Gasteiger partial charge in [-0.25, -0.2) is 0 Å². The summed E-state index contributed by atoms with van der Waals surface area (Å²) < 4.78 is 0. The quantitative estimate of drug-likeness (QED) is 0.493. The van der Waals surface area contributed by atoms with Crippen molar-refractivity contribution in [1.29, 1.82) is 0 Å². The highest BCUT2D eigenvalue weighted by Crippen LogP contribution is 2.35. The van der Waals surface area contributed by atoms with Crippen LogP contribution in [0.5, 0.6) is 0 Å². The first-order chi connectivity index (χ1) is 10.2. The second kappa shape index (κ2) is 5.60. The van der Waals surface area contributed by atoms with Gasteiger partial charge in [0.2, 0.25) is 5.91 Å². The number of aromatic nitrogens is 1. The number of carbonyl (C=O) groups is 1. The zero-order valence-electron chi connectivity index (χ0n) is 11.1. The number of anilines is 1. The van der Waals surface area contributed by atoms with Gasteiger partial charge in [-0.2, -0.15) is 0 Å². The molecule has 3 rings (SSSR count). The highest BCUT2D eigenvalue weighted by atomic mass is 35.5. The fraction of sp³-hybridized carbons (Fsp3) is 0.286. The van der Waals surface area contributed by atoms with Crippen molar-refractivity contribution in [1.82, 2.24) is 4.98 Å². The largest absolute Gasteiger partial charge is 0.309 e. The molecule has 1 aromatic carbocycles. The molecule has 21 heavy (non-hydrogen) atoms. The average molecular weight is 302 g/mol. The molecule has 0 saturated carbocycles. The predicted octanol–water partition coefficient (Wildman–Crippen LogP) is 3.55. The molecule has 1 unspecified atom stereocenters.